The van der Waals surface area contributed by atoms with Gasteiger partial charge in [0.25, 0.3) is 0 Å². The number of aromatic nitrogens is 2. The summed E-state index contributed by atoms with van der Waals surface area (Å²) < 4.78 is 5.24. The van der Waals surface area contributed by atoms with Crippen molar-refractivity contribution in [1.29, 1.82) is 0 Å². The fourth-order valence-electron chi connectivity index (χ4n) is 3.53. The molecular formula is C20H25N3O4. The van der Waals surface area contributed by atoms with Gasteiger partial charge in [-0.2, -0.15) is 4.98 Å². The number of nitrogens with one attached hydrogen (secondary N) is 1. The Hall–Kier alpha value is -2.70. The largest absolute Gasteiger partial charge is 0.479 e. The van der Waals surface area contributed by atoms with Crippen molar-refractivity contribution in [3.63, 3.8) is 0 Å². The van der Waals surface area contributed by atoms with Crippen molar-refractivity contribution in [1.82, 2.24) is 15.5 Å². The van der Waals surface area contributed by atoms with E-state index in [4.69, 9.17) is 4.52 Å². The summed E-state index contributed by atoms with van der Waals surface area (Å²) in [7, 11) is 0. The molecule has 7 nitrogen and oxygen atoms in total. The highest BCUT2D eigenvalue weighted by Gasteiger charge is 2.25. The second-order valence-electron chi connectivity index (χ2n) is 7.16. The van der Waals surface area contributed by atoms with Crippen LogP contribution in [0.4, 0.5) is 0 Å². The van der Waals surface area contributed by atoms with Crippen molar-refractivity contribution in [2.75, 3.05) is 0 Å². The molecule has 0 spiro atoms. The van der Waals surface area contributed by atoms with Gasteiger partial charge in [0.05, 0.1) is 0 Å². The first kappa shape index (κ1) is 19.1. The van der Waals surface area contributed by atoms with Crippen LogP contribution in [0.2, 0.25) is 0 Å². The predicted molar refractivity (Wildman–Crippen MR) is 98.3 cm³/mol. The molecule has 0 radical (unpaired) electrons. The number of carboxylic acid groups (broad SMARTS) is 1. The molecule has 1 saturated carbocycles. The molecule has 2 N–H and O–H groups in total. The molecule has 1 fully saturated rings. The third-order valence-electron chi connectivity index (χ3n) is 5.28. The van der Waals surface area contributed by atoms with Gasteiger partial charge >= 0.3 is 5.97 Å². The van der Waals surface area contributed by atoms with E-state index in [1.165, 1.54) is 12.8 Å². The number of carboxylic acids is 1. The van der Waals surface area contributed by atoms with Gasteiger partial charge in [0.2, 0.25) is 11.8 Å². The first-order valence-electron chi connectivity index (χ1n) is 9.36. The van der Waals surface area contributed by atoms with Gasteiger partial charge in [-0.1, -0.05) is 36.2 Å². The normalized spacial score (nSPS) is 15.6. The Morgan fingerprint density at radius 3 is 2.74 bits per heavy atom. The highest BCUT2D eigenvalue weighted by Crippen LogP contribution is 2.32. The molecule has 27 heavy (non-hydrogen) atoms. The van der Waals surface area contributed by atoms with Crippen LogP contribution in [0.1, 0.15) is 72.5 Å². The number of rotatable bonds is 7. The van der Waals surface area contributed by atoms with Crippen molar-refractivity contribution in [2.24, 2.45) is 0 Å². The van der Waals surface area contributed by atoms with Gasteiger partial charge < -0.3 is 14.9 Å². The molecule has 1 aliphatic carbocycles. The average molecular weight is 371 g/mol. The predicted octanol–water partition coefficient (Wildman–Crippen LogP) is 3.22. The summed E-state index contributed by atoms with van der Waals surface area (Å²) >= 11 is 0. The van der Waals surface area contributed by atoms with E-state index >= 15 is 0 Å². The summed E-state index contributed by atoms with van der Waals surface area (Å²) in [6, 6.07) is 4.36. The Morgan fingerprint density at radius 1 is 1.30 bits per heavy atom. The number of benzene rings is 1. The van der Waals surface area contributed by atoms with Crippen LogP contribution in [0, 0.1) is 13.8 Å². The first-order valence-corrected chi connectivity index (χ1v) is 9.36. The molecule has 2 aromatic rings. The summed E-state index contributed by atoms with van der Waals surface area (Å²) in [4.78, 5) is 28.4. The molecule has 1 aliphatic rings. The van der Waals surface area contributed by atoms with Crippen molar-refractivity contribution >= 4 is 11.9 Å². The third kappa shape index (κ3) is 4.53. The zero-order valence-electron chi connectivity index (χ0n) is 15.7. The maximum absolute atomic E-state index is 12.3. The lowest BCUT2D eigenvalue weighted by atomic mass is 9.97. The van der Waals surface area contributed by atoms with Crippen LogP contribution in [0.5, 0.6) is 0 Å². The molecule has 3 rings (SSSR count). The van der Waals surface area contributed by atoms with Crippen LogP contribution >= 0.6 is 0 Å². The SMILES string of the molecule is Cc1cccc(C(NC(=O)CCc2nc(C3CCCC3)no2)C(=O)O)c1C. The van der Waals surface area contributed by atoms with Gasteiger partial charge in [-0.05, 0) is 43.4 Å². The van der Waals surface area contributed by atoms with E-state index in [2.05, 4.69) is 15.5 Å². The van der Waals surface area contributed by atoms with Crippen LogP contribution < -0.4 is 5.32 Å². The van der Waals surface area contributed by atoms with Crippen molar-refractivity contribution in [2.45, 2.75) is 64.3 Å². The van der Waals surface area contributed by atoms with Gasteiger partial charge in [-0.25, -0.2) is 4.79 Å². The Labute approximate surface area is 158 Å². The lowest BCUT2D eigenvalue weighted by Crippen LogP contribution is -2.34. The quantitative estimate of drug-likeness (QED) is 0.774. The van der Waals surface area contributed by atoms with Crippen LogP contribution in [0.3, 0.4) is 0 Å². The van der Waals surface area contributed by atoms with Crippen molar-refractivity contribution in [3.8, 4) is 0 Å². The van der Waals surface area contributed by atoms with Crippen LogP contribution in [-0.4, -0.2) is 27.1 Å². The summed E-state index contributed by atoms with van der Waals surface area (Å²) in [5, 5.41) is 16.2. The monoisotopic (exact) mass is 371 g/mol. The minimum atomic E-state index is -1.08. The molecule has 1 heterocycles. The topological polar surface area (TPSA) is 105 Å². The zero-order chi connectivity index (χ0) is 19.4. The van der Waals surface area contributed by atoms with E-state index < -0.39 is 12.0 Å². The number of hydrogen-bond donors (Lipinski definition) is 2. The van der Waals surface area contributed by atoms with E-state index in [-0.39, 0.29) is 12.3 Å². The number of aryl methyl sites for hydroxylation is 2. The minimum absolute atomic E-state index is 0.0982. The van der Waals surface area contributed by atoms with E-state index in [1.807, 2.05) is 19.9 Å². The number of carbonyl (C=O) groups excluding carboxylic acids is 1. The Morgan fingerprint density at radius 2 is 2.04 bits per heavy atom. The molecule has 1 amide bonds. The molecule has 1 unspecified atom stereocenters. The molecule has 1 atom stereocenters. The van der Waals surface area contributed by atoms with Crippen LogP contribution in [-0.2, 0) is 16.0 Å². The van der Waals surface area contributed by atoms with E-state index in [0.717, 1.165) is 29.8 Å². The summed E-state index contributed by atoms with van der Waals surface area (Å²) in [5.74, 6) is 0.0617. The van der Waals surface area contributed by atoms with E-state index in [9.17, 15) is 14.7 Å². The number of nitrogens with zero attached hydrogens (tertiary/aromatic N) is 2. The molecule has 7 heteroatoms. The minimum Gasteiger partial charge on any atom is -0.479 e. The highest BCUT2D eigenvalue weighted by atomic mass is 16.5. The second-order valence-corrected chi connectivity index (χ2v) is 7.16. The first-order chi connectivity index (χ1) is 13.0. The van der Waals surface area contributed by atoms with Gasteiger partial charge in [-0.3, -0.25) is 4.79 Å². The fourth-order valence-corrected chi connectivity index (χ4v) is 3.53. The highest BCUT2D eigenvalue weighted by molar-refractivity contribution is 5.85. The molecule has 0 bridgehead atoms. The molecule has 1 aromatic heterocycles. The zero-order valence-corrected chi connectivity index (χ0v) is 15.7. The van der Waals surface area contributed by atoms with E-state index in [0.29, 0.717) is 23.8 Å². The van der Waals surface area contributed by atoms with Crippen LogP contribution in [0.15, 0.2) is 22.7 Å². The average Bonchev–Trinajstić information content (AvgIpc) is 3.31. The van der Waals surface area contributed by atoms with Crippen LogP contribution in [0.25, 0.3) is 0 Å². The van der Waals surface area contributed by atoms with Crippen molar-refractivity contribution < 1.29 is 19.2 Å². The smallest absolute Gasteiger partial charge is 0.330 e. The number of carbonyl (C=O) groups is 2. The summed E-state index contributed by atoms with van der Waals surface area (Å²) in [6.07, 6.45) is 4.93. The lowest BCUT2D eigenvalue weighted by molar-refractivity contribution is -0.142. The standard InChI is InChI=1S/C20H25N3O4/c1-12-6-5-9-15(13(12)2)18(20(25)26)21-16(24)10-11-17-22-19(23-27-17)14-7-3-4-8-14/h5-6,9,14,18H,3-4,7-8,10-11H2,1-2H3,(H,21,24)(H,25,26). The number of hydrogen-bond acceptors (Lipinski definition) is 5. The number of aliphatic carboxylic acids is 1. The maximum atomic E-state index is 12.3. The molecular weight excluding hydrogens is 346 g/mol. The van der Waals surface area contributed by atoms with Crippen molar-refractivity contribution in [3.05, 3.63) is 46.6 Å². The third-order valence-corrected chi connectivity index (χ3v) is 5.28. The molecule has 1 aromatic carbocycles. The van der Waals surface area contributed by atoms with Gasteiger partial charge in [-0.15, -0.1) is 0 Å². The molecule has 144 valence electrons. The Bertz CT molecular complexity index is 824. The Kier molecular flexibility index (Phi) is 5.88. The van der Waals surface area contributed by atoms with Gasteiger partial charge in [0, 0.05) is 18.8 Å². The maximum Gasteiger partial charge on any atom is 0.330 e. The summed E-state index contributed by atoms with van der Waals surface area (Å²) in [6.45, 7) is 3.77. The second kappa shape index (κ2) is 8.33. The number of amides is 1. The lowest BCUT2D eigenvalue weighted by Gasteiger charge is -2.18. The molecule has 0 aliphatic heterocycles. The van der Waals surface area contributed by atoms with Gasteiger partial charge in [0.15, 0.2) is 11.9 Å². The Balaban J connectivity index is 1.60. The van der Waals surface area contributed by atoms with E-state index in [1.54, 1.807) is 12.1 Å². The fraction of sp³-hybridized carbons (Fsp3) is 0.500. The summed E-state index contributed by atoms with van der Waals surface area (Å²) in [5.41, 5.74) is 2.44. The molecule has 0 saturated heterocycles. The van der Waals surface area contributed by atoms with Gasteiger partial charge in [0.1, 0.15) is 0 Å².